The molecule has 1 aromatic heterocycles. The van der Waals surface area contributed by atoms with Crippen molar-refractivity contribution in [3.05, 3.63) is 59.7 Å². The first-order chi connectivity index (χ1) is 16.4. The van der Waals surface area contributed by atoms with Crippen molar-refractivity contribution in [2.75, 3.05) is 36.0 Å². The highest BCUT2D eigenvalue weighted by Gasteiger charge is 2.18. The molecule has 1 aliphatic heterocycles. The molecule has 9 nitrogen and oxygen atoms in total. The smallest absolute Gasteiger partial charge is 0.221 e. The molecule has 0 aliphatic carbocycles. The van der Waals surface area contributed by atoms with E-state index in [1.807, 2.05) is 23.1 Å². The van der Waals surface area contributed by atoms with Crippen LogP contribution in [0.4, 0.5) is 15.8 Å². The Labute approximate surface area is 202 Å². The summed E-state index contributed by atoms with van der Waals surface area (Å²) in [7, 11) is 0. The van der Waals surface area contributed by atoms with Gasteiger partial charge in [-0.2, -0.15) is 4.37 Å². The van der Waals surface area contributed by atoms with E-state index in [0.717, 1.165) is 21.3 Å². The predicted octanol–water partition coefficient (Wildman–Crippen LogP) is 3.25. The lowest BCUT2D eigenvalue weighted by molar-refractivity contribution is 0.233. The minimum atomic E-state index is -1.72. The number of nitrogens with zero attached hydrogens (tertiary/aromatic N) is 3. The molecule has 12 heteroatoms. The molecule has 34 heavy (non-hydrogen) atoms. The predicted molar refractivity (Wildman–Crippen MR) is 137 cm³/mol. The van der Waals surface area contributed by atoms with Crippen molar-refractivity contribution in [3.63, 3.8) is 0 Å². The normalized spacial score (nSPS) is 15.5. The molecule has 0 bridgehead atoms. The Kier molecular flexibility index (Phi) is 7.50. The van der Waals surface area contributed by atoms with Gasteiger partial charge < -0.3 is 20.8 Å². The lowest BCUT2D eigenvalue weighted by atomic mass is 10.1. The van der Waals surface area contributed by atoms with Crippen LogP contribution in [0.2, 0.25) is 0 Å². The monoisotopic (exact) mass is 501 g/mol. The molecule has 0 fully saturated rings. The molecule has 1 aliphatic rings. The van der Waals surface area contributed by atoms with Gasteiger partial charge in [-0.3, -0.25) is 14.4 Å². The number of amidine groups is 1. The number of aliphatic imine (C=N–C) groups is 1. The van der Waals surface area contributed by atoms with E-state index in [2.05, 4.69) is 18.8 Å². The number of fused-ring (bicyclic) bond motifs is 1. The number of hydrogen-bond donors (Lipinski definition) is 4. The topological polar surface area (TPSA) is 129 Å². The second-order valence-electron chi connectivity index (χ2n) is 7.47. The number of nitrogens with one attached hydrogen (secondary N) is 3. The van der Waals surface area contributed by atoms with Gasteiger partial charge in [-0.05, 0) is 60.4 Å². The molecule has 0 spiro atoms. The van der Waals surface area contributed by atoms with Gasteiger partial charge >= 0.3 is 0 Å². The minimum absolute atomic E-state index is 0.278. The Hall–Kier alpha value is -3.35. The molecular weight excluding hydrogens is 477 g/mol. The Morgan fingerprint density at radius 2 is 2.12 bits per heavy atom. The van der Waals surface area contributed by atoms with E-state index in [9.17, 15) is 8.60 Å². The zero-order valence-electron chi connectivity index (χ0n) is 18.4. The summed E-state index contributed by atoms with van der Waals surface area (Å²) in [6.45, 7) is 3.28. The van der Waals surface area contributed by atoms with Crippen molar-refractivity contribution < 1.29 is 13.3 Å². The number of ether oxygens (including phenoxy) is 1. The summed E-state index contributed by atoms with van der Waals surface area (Å²) in [6.07, 6.45) is 3.61. The van der Waals surface area contributed by atoms with Crippen LogP contribution < -0.4 is 20.1 Å². The summed E-state index contributed by atoms with van der Waals surface area (Å²) < 4.78 is 42.4. The second kappa shape index (κ2) is 10.7. The SMILES string of the molecule is CC(=N)CN(CN)c1ccc(C=C2OCCN=C2NS(=O)Nc2ccc(F)cc2)c2cnsc12. The fraction of sp³-hybridized carbons (Fsp3) is 0.227. The third kappa shape index (κ3) is 5.58. The minimum Gasteiger partial charge on any atom is -0.488 e. The van der Waals surface area contributed by atoms with Crippen molar-refractivity contribution in [2.24, 2.45) is 10.7 Å². The highest BCUT2D eigenvalue weighted by molar-refractivity contribution is 7.85. The Balaban J connectivity index is 1.58. The van der Waals surface area contributed by atoms with E-state index in [1.54, 1.807) is 13.1 Å². The number of hydrogen-bond acceptors (Lipinski definition) is 8. The lowest BCUT2D eigenvalue weighted by Crippen LogP contribution is -2.34. The van der Waals surface area contributed by atoms with E-state index in [4.69, 9.17) is 15.9 Å². The second-order valence-corrected chi connectivity index (χ2v) is 9.22. The maximum absolute atomic E-state index is 13.1. The first kappa shape index (κ1) is 23.8. The van der Waals surface area contributed by atoms with Gasteiger partial charge in [0.2, 0.25) is 11.2 Å². The zero-order chi connectivity index (χ0) is 24.1. The Morgan fingerprint density at radius 3 is 2.85 bits per heavy atom. The average Bonchev–Trinajstić information content (AvgIpc) is 3.31. The van der Waals surface area contributed by atoms with Crippen molar-refractivity contribution in [2.45, 2.75) is 6.92 Å². The molecule has 4 rings (SSSR count). The highest BCUT2D eigenvalue weighted by Crippen LogP contribution is 2.33. The molecule has 3 aromatic rings. The highest BCUT2D eigenvalue weighted by atomic mass is 32.2. The molecule has 0 radical (unpaired) electrons. The van der Waals surface area contributed by atoms with E-state index >= 15 is 0 Å². The summed E-state index contributed by atoms with van der Waals surface area (Å²) in [4.78, 5) is 6.35. The van der Waals surface area contributed by atoms with Gasteiger partial charge in [-0.25, -0.2) is 8.60 Å². The van der Waals surface area contributed by atoms with E-state index < -0.39 is 11.2 Å². The molecule has 0 amide bonds. The summed E-state index contributed by atoms with van der Waals surface area (Å²) in [6, 6.07) is 9.44. The summed E-state index contributed by atoms with van der Waals surface area (Å²) in [5.74, 6) is 0.428. The Bertz CT molecular complexity index is 1270. The maximum Gasteiger partial charge on any atom is 0.221 e. The van der Waals surface area contributed by atoms with Gasteiger partial charge in [0.05, 0.1) is 30.1 Å². The van der Waals surface area contributed by atoms with Crippen LogP contribution in [0.3, 0.4) is 0 Å². The summed E-state index contributed by atoms with van der Waals surface area (Å²) >= 11 is -0.360. The van der Waals surface area contributed by atoms with Crippen LogP contribution in [0.1, 0.15) is 12.5 Å². The van der Waals surface area contributed by atoms with Crippen molar-refractivity contribution in [3.8, 4) is 0 Å². The number of anilines is 2. The van der Waals surface area contributed by atoms with Crippen LogP contribution in [-0.4, -0.2) is 46.5 Å². The average molecular weight is 502 g/mol. The third-order valence-electron chi connectivity index (χ3n) is 4.91. The molecule has 1 atom stereocenters. The van der Waals surface area contributed by atoms with Crippen molar-refractivity contribution in [1.82, 2.24) is 9.10 Å². The maximum atomic E-state index is 13.1. The zero-order valence-corrected chi connectivity index (χ0v) is 20.0. The molecular formula is C22H24FN7O2S2. The van der Waals surface area contributed by atoms with Crippen molar-refractivity contribution in [1.29, 1.82) is 5.41 Å². The van der Waals surface area contributed by atoms with Crippen LogP contribution in [0.15, 0.2) is 53.3 Å². The largest absolute Gasteiger partial charge is 0.488 e. The molecule has 5 N–H and O–H groups in total. The quantitative estimate of drug-likeness (QED) is 0.278. The van der Waals surface area contributed by atoms with Gasteiger partial charge in [0, 0.05) is 23.0 Å². The van der Waals surface area contributed by atoms with Crippen LogP contribution in [-0.2, 0) is 15.9 Å². The number of benzene rings is 2. The van der Waals surface area contributed by atoms with Gasteiger partial charge in [0.1, 0.15) is 12.4 Å². The van der Waals surface area contributed by atoms with Gasteiger partial charge in [-0.15, -0.1) is 0 Å². The summed E-state index contributed by atoms with van der Waals surface area (Å²) in [5, 5.41) is 8.73. The molecule has 0 saturated carbocycles. The summed E-state index contributed by atoms with van der Waals surface area (Å²) in [5.41, 5.74) is 8.72. The number of rotatable bonds is 8. The Morgan fingerprint density at radius 1 is 1.32 bits per heavy atom. The first-order valence-corrected chi connectivity index (χ1v) is 12.3. The van der Waals surface area contributed by atoms with Gasteiger partial charge in [-0.1, -0.05) is 6.07 Å². The van der Waals surface area contributed by atoms with Crippen LogP contribution in [0.25, 0.3) is 16.2 Å². The van der Waals surface area contributed by atoms with Crippen molar-refractivity contribution >= 4 is 61.8 Å². The molecule has 2 heterocycles. The third-order valence-corrected chi connectivity index (χ3v) is 6.53. The molecule has 178 valence electrons. The number of halogens is 1. The van der Waals surface area contributed by atoms with Crippen LogP contribution in [0.5, 0.6) is 0 Å². The number of aromatic nitrogens is 1. The van der Waals surface area contributed by atoms with E-state index in [1.165, 1.54) is 35.8 Å². The first-order valence-electron chi connectivity index (χ1n) is 10.4. The van der Waals surface area contributed by atoms with Crippen LogP contribution in [0, 0.1) is 11.2 Å². The van der Waals surface area contributed by atoms with Gasteiger partial charge in [0.25, 0.3) is 0 Å². The molecule has 2 aromatic carbocycles. The fourth-order valence-electron chi connectivity index (χ4n) is 3.40. The lowest BCUT2D eigenvalue weighted by Gasteiger charge is -2.23. The fourth-order valence-corrected chi connectivity index (χ4v) is 4.97. The van der Waals surface area contributed by atoms with Crippen LogP contribution >= 0.6 is 11.5 Å². The standard InChI is InChI=1S/C22H24FN7O2S2/c1-14(25)12-30(13-24)19-7-2-15(18-11-27-33-21(18)19)10-20-22(26-8-9-32-20)29-34(31)28-17-5-3-16(23)4-6-17/h2-7,10-11,25,28H,8-9,12-13,24H2,1H3,(H,26,29). The molecule has 0 saturated heterocycles. The van der Waals surface area contributed by atoms with E-state index in [0.29, 0.717) is 42.7 Å². The number of nitrogens with two attached hydrogens (primary N) is 1. The van der Waals surface area contributed by atoms with E-state index in [-0.39, 0.29) is 12.5 Å². The van der Waals surface area contributed by atoms with Gasteiger partial charge in [0.15, 0.2) is 11.6 Å². The molecule has 1 unspecified atom stereocenters.